The van der Waals surface area contributed by atoms with Gasteiger partial charge in [0.25, 0.3) is 0 Å². The Morgan fingerprint density at radius 3 is 2.38 bits per heavy atom. The van der Waals surface area contributed by atoms with Crippen LogP contribution in [0, 0.1) is 5.92 Å². The van der Waals surface area contributed by atoms with Gasteiger partial charge in [0.2, 0.25) is 0 Å². The van der Waals surface area contributed by atoms with Crippen molar-refractivity contribution in [3.05, 3.63) is 0 Å². The van der Waals surface area contributed by atoms with Crippen LogP contribution in [-0.4, -0.2) is 45.2 Å². The van der Waals surface area contributed by atoms with Crippen molar-refractivity contribution >= 4 is 9.84 Å². The molecule has 0 amide bonds. The highest BCUT2D eigenvalue weighted by atomic mass is 32.2. The van der Waals surface area contributed by atoms with Gasteiger partial charge in [-0.25, -0.2) is 8.42 Å². The van der Waals surface area contributed by atoms with E-state index in [1.807, 2.05) is 6.92 Å². The third kappa shape index (κ3) is 6.25. The van der Waals surface area contributed by atoms with Gasteiger partial charge in [-0.3, -0.25) is 0 Å². The lowest BCUT2D eigenvalue weighted by Crippen LogP contribution is -2.55. The molecular weight excluding hydrogens is 286 g/mol. The molecule has 0 aromatic rings. The van der Waals surface area contributed by atoms with E-state index < -0.39 is 9.84 Å². The molecule has 0 aromatic carbocycles. The Balaban J connectivity index is 2.83. The quantitative estimate of drug-likeness (QED) is 0.710. The lowest BCUT2D eigenvalue weighted by atomic mass is 9.74. The Labute approximate surface area is 130 Å². The zero-order chi connectivity index (χ0) is 15.9. The molecule has 1 aliphatic rings. The summed E-state index contributed by atoms with van der Waals surface area (Å²) in [4.78, 5) is 0. The Morgan fingerprint density at radius 2 is 1.90 bits per heavy atom. The highest BCUT2D eigenvalue weighted by Crippen LogP contribution is 2.38. The summed E-state index contributed by atoms with van der Waals surface area (Å²) >= 11 is 0. The molecule has 1 unspecified atom stereocenters. The van der Waals surface area contributed by atoms with Crippen molar-refractivity contribution in [3.63, 3.8) is 0 Å². The molecule has 4 nitrogen and oxygen atoms in total. The molecule has 126 valence electrons. The van der Waals surface area contributed by atoms with Gasteiger partial charge < -0.3 is 10.1 Å². The van der Waals surface area contributed by atoms with Gasteiger partial charge in [-0.1, -0.05) is 13.8 Å². The minimum Gasteiger partial charge on any atom is -0.374 e. The maximum atomic E-state index is 11.5. The molecule has 1 saturated carbocycles. The van der Waals surface area contributed by atoms with Crippen LogP contribution in [0.15, 0.2) is 0 Å². The highest BCUT2D eigenvalue weighted by molar-refractivity contribution is 7.90. The first kappa shape index (κ1) is 18.9. The molecule has 1 N–H and O–H groups in total. The number of hydrogen-bond donors (Lipinski definition) is 1. The second-order valence-corrected chi connectivity index (χ2v) is 8.87. The van der Waals surface area contributed by atoms with Crippen molar-refractivity contribution in [2.75, 3.05) is 25.2 Å². The molecule has 0 saturated heterocycles. The maximum absolute atomic E-state index is 11.5. The van der Waals surface area contributed by atoms with Crippen molar-refractivity contribution in [2.24, 2.45) is 5.92 Å². The summed E-state index contributed by atoms with van der Waals surface area (Å²) in [5.74, 6) is 0.985. The van der Waals surface area contributed by atoms with E-state index in [9.17, 15) is 8.42 Å². The molecule has 0 spiro atoms. The monoisotopic (exact) mass is 319 g/mol. The topological polar surface area (TPSA) is 55.4 Å². The van der Waals surface area contributed by atoms with Gasteiger partial charge in [0, 0.05) is 18.9 Å². The Bertz CT molecular complexity index is 386. The van der Waals surface area contributed by atoms with Gasteiger partial charge in [-0.05, 0) is 57.9 Å². The Hall–Kier alpha value is -0.130. The van der Waals surface area contributed by atoms with E-state index in [-0.39, 0.29) is 17.4 Å². The predicted molar refractivity (Wildman–Crippen MR) is 88.4 cm³/mol. The number of nitrogens with one attached hydrogen (secondary N) is 1. The van der Waals surface area contributed by atoms with Crippen LogP contribution in [0.5, 0.6) is 0 Å². The van der Waals surface area contributed by atoms with Gasteiger partial charge in [0.05, 0.1) is 11.4 Å². The van der Waals surface area contributed by atoms with E-state index in [1.54, 1.807) is 0 Å². The average molecular weight is 320 g/mol. The van der Waals surface area contributed by atoms with Crippen LogP contribution >= 0.6 is 0 Å². The second-order valence-electron chi connectivity index (χ2n) is 6.61. The first-order valence-electron chi connectivity index (χ1n) is 8.38. The van der Waals surface area contributed by atoms with Gasteiger partial charge in [-0.15, -0.1) is 0 Å². The molecule has 0 bridgehead atoms. The average Bonchev–Trinajstić information content (AvgIpc) is 2.41. The van der Waals surface area contributed by atoms with E-state index in [1.165, 1.54) is 19.1 Å². The van der Waals surface area contributed by atoms with Crippen molar-refractivity contribution in [2.45, 2.75) is 70.9 Å². The first-order chi connectivity index (χ1) is 9.83. The first-order valence-corrected chi connectivity index (χ1v) is 10.4. The zero-order valence-electron chi connectivity index (χ0n) is 14.2. The molecular formula is C16H33NO3S. The molecule has 0 aliphatic heterocycles. The van der Waals surface area contributed by atoms with Crippen molar-refractivity contribution in [1.82, 2.24) is 5.32 Å². The lowest BCUT2D eigenvalue weighted by Gasteiger charge is -2.45. The summed E-state index contributed by atoms with van der Waals surface area (Å²) in [5.41, 5.74) is -0.179. The third-order valence-corrected chi connectivity index (χ3v) is 5.58. The minimum absolute atomic E-state index is 0.139. The summed E-state index contributed by atoms with van der Waals surface area (Å²) in [7, 11) is -2.93. The Morgan fingerprint density at radius 1 is 1.29 bits per heavy atom. The number of rotatable bonds is 9. The minimum atomic E-state index is -2.93. The fourth-order valence-corrected chi connectivity index (χ4v) is 4.00. The molecule has 5 heteroatoms. The van der Waals surface area contributed by atoms with E-state index in [0.29, 0.717) is 13.0 Å². The van der Waals surface area contributed by atoms with E-state index >= 15 is 0 Å². The zero-order valence-corrected chi connectivity index (χ0v) is 15.0. The van der Waals surface area contributed by atoms with E-state index in [2.05, 4.69) is 19.2 Å². The number of sulfone groups is 1. The molecule has 21 heavy (non-hydrogen) atoms. The van der Waals surface area contributed by atoms with E-state index in [0.717, 1.165) is 31.7 Å². The summed E-state index contributed by atoms with van der Waals surface area (Å²) in [6.45, 7) is 8.07. The van der Waals surface area contributed by atoms with Crippen molar-refractivity contribution < 1.29 is 13.2 Å². The lowest BCUT2D eigenvalue weighted by molar-refractivity contribution is -0.0966. The van der Waals surface area contributed by atoms with E-state index in [4.69, 9.17) is 4.74 Å². The van der Waals surface area contributed by atoms with Gasteiger partial charge in [0.15, 0.2) is 0 Å². The molecule has 1 fully saturated rings. The fraction of sp³-hybridized carbons (Fsp3) is 1.00. The van der Waals surface area contributed by atoms with Crippen LogP contribution in [0.2, 0.25) is 0 Å². The van der Waals surface area contributed by atoms with Crippen molar-refractivity contribution in [3.8, 4) is 0 Å². The third-order valence-electron chi connectivity index (χ3n) is 4.61. The predicted octanol–water partition coefficient (Wildman–Crippen LogP) is 2.77. The Kier molecular flexibility index (Phi) is 7.65. The molecule has 0 aromatic heterocycles. The maximum Gasteiger partial charge on any atom is 0.147 e. The molecule has 1 atom stereocenters. The van der Waals surface area contributed by atoms with Crippen LogP contribution in [-0.2, 0) is 14.6 Å². The SMILES string of the molecule is CCCNC(CCS(C)(=O)=O)C1(OCC)CCC(C)CC1. The molecule has 1 aliphatic carbocycles. The van der Waals surface area contributed by atoms with Crippen LogP contribution in [0.25, 0.3) is 0 Å². The van der Waals surface area contributed by atoms with Crippen LogP contribution in [0.4, 0.5) is 0 Å². The van der Waals surface area contributed by atoms with Gasteiger partial charge in [-0.2, -0.15) is 0 Å². The van der Waals surface area contributed by atoms with Crippen LogP contribution < -0.4 is 5.32 Å². The molecule has 0 radical (unpaired) electrons. The summed E-state index contributed by atoms with van der Waals surface area (Å²) in [6, 6.07) is 0.139. The standard InChI is InChI=1S/C16H33NO3S/c1-5-12-17-15(9-13-21(4,18)19)16(20-6-2)10-7-14(3)8-11-16/h14-15,17H,5-13H2,1-4H3. The summed E-state index contributed by atoms with van der Waals surface area (Å²) in [6.07, 6.45) is 7.42. The number of hydrogen-bond acceptors (Lipinski definition) is 4. The normalized spacial score (nSPS) is 28.5. The fourth-order valence-electron chi connectivity index (χ4n) is 3.33. The second kappa shape index (κ2) is 8.49. The van der Waals surface area contributed by atoms with Crippen LogP contribution in [0.1, 0.15) is 59.3 Å². The van der Waals surface area contributed by atoms with Gasteiger partial charge in [0.1, 0.15) is 9.84 Å². The van der Waals surface area contributed by atoms with Crippen molar-refractivity contribution in [1.29, 1.82) is 0 Å². The molecule has 1 rings (SSSR count). The smallest absolute Gasteiger partial charge is 0.147 e. The summed E-state index contributed by atoms with van der Waals surface area (Å²) < 4.78 is 29.3. The van der Waals surface area contributed by atoms with Crippen LogP contribution in [0.3, 0.4) is 0 Å². The highest BCUT2D eigenvalue weighted by Gasteiger charge is 2.41. The molecule has 0 heterocycles. The number of ether oxygens (including phenoxy) is 1. The largest absolute Gasteiger partial charge is 0.374 e. The van der Waals surface area contributed by atoms with Gasteiger partial charge >= 0.3 is 0 Å². The summed E-state index contributed by atoms with van der Waals surface area (Å²) in [5, 5.41) is 3.56.